The molecule has 0 spiro atoms. The summed E-state index contributed by atoms with van der Waals surface area (Å²) in [5.74, 6) is -0.289. The number of carbonyl (C=O) groups excluding carboxylic acids is 1. The van der Waals surface area contributed by atoms with Gasteiger partial charge in [-0.1, -0.05) is 38.0 Å². The summed E-state index contributed by atoms with van der Waals surface area (Å²) in [7, 11) is 0. The van der Waals surface area contributed by atoms with Crippen molar-refractivity contribution < 1.29 is 9.53 Å². The molecule has 0 saturated carbocycles. The van der Waals surface area contributed by atoms with E-state index in [1.54, 1.807) is 24.3 Å². The molecule has 0 aliphatic heterocycles. The lowest BCUT2D eigenvalue weighted by molar-refractivity contribution is 0.0498. The summed E-state index contributed by atoms with van der Waals surface area (Å²) in [4.78, 5) is 11.8. The van der Waals surface area contributed by atoms with Crippen LogP contribution in [0, 0.1) is 0 Å². The van der Waals surface area contributed by atoms with Crippen LogP contribution in [0.25, 0.3) is 0 Å². The molecule has 2 aromatic carbocycles. The van der Waals surface area contributed by atoms with Crippen molar-refractivity contribution in [3.63, 3.8) is 0 Å². The van der Waals surface area contributed by atoms with E-state index in [9.17, 15) is 4.79 Å². The van der Waals surface area contributed by atoms with Crippen molar-refractivity contribution in [3.8, 4) is 0 Å². The van der Waals surface area contributed by atoms with Crippen LogP contribution < -0.4 is 0 Å². The molecule has 0 atom stereocenters. The molecule has 2 rings (SSSR count). The average molecular weight is 296 g/mol. The standard InChI is InChI=1S/C18H20N2O2/c1-2-3-7-14-22-18(21)15-10-12-17(13-11-15)20-19-16-8-5-4-6-9-16/h4-6,8-13H,2-3,7,14H2,1H3. The third kappa shape index (κ3) is 5.13. The zero-order valence-corrected chi connectivity index (χ0v) is 12.7. The third-order valence-corrected chi connectivity index (χ3v) is 3.12. The molecule has 4 nitrogen and oxygen atoms in total. The van der Waals surface area contributed by atoms with Gasteiger partial charge in [-0.15, -0.1) is 0 Å². The quantitative estimate of drug-likeness (QED) is 0.387. The zero-order chi connectivity index (χ0) is 15.6. The van der Waals surface area contributed by atoms with Gasteiger partial charge in [-0.25, -0.2) is 4.79 Å². The minimum Gasteiger partial charge on any atom is -0.462 e. The monoisotopic (exact) mass is 296 g/mol. The summed E-state index contributed by atoms with van der Waals surface area (Å²) in [6.45, 7) is 2.59. The molecule has 2 aromatic rings. The Labute approximate surface area is 130 Å². The van der Waals surface area contributed by atoms with Crippen molar-refractivity contribution in [2.75, 3.05) is 6.61 Å². The Morgan fingerprint density at radius 3 is 2.18 bits per heavy atom. The van der Waals surface area contributed by atoms with Gasteiger partial charge in [-0.2, -0.15) is 10.2 Å². The predicted molar refractivity (Wildman–Crippen MR) is 86.9 cm³/mol. The summed E-state index contributed by atoms with van der Waals surface area (Å²) in [6.07, 6.45) is 3.09. The fraction of sp³-hybridized carbons (Fsp3) is 0.278. The first-order chi connectivity index (χ1) is 10.8. The van der Waals surface area contributed by atoms with E-state index in [0.29, 0.717) is 17.9 Å². The number of ether oxygens (including phenoxy) is 1. The average Bonchev–Trinajstić information content (AvgIpc) is 2.58. The molecule has 4 heteroatoms. The molecule has 114 valence electrons. The number of hydrogen-bond acceptors (Lipinski definition) is 4. The van der Waals surface area contributed by atoms with E-state index in [-0.39, 0.29) is 5.97 Å². The molecule has 0 aromatic heterocycles. The van der Waals surface area contributed by atoms with Gasteiger partial charge >= 0.3 is 5.97 Å². The number of benzene rings is 2. The fourth-order valence-electron chi connectivity index (χ4n) is 1.87. The summed E-state index contributed by atoms with van der Waals surface area (Å²) in [5.41, 5.74) is 2.03. The first-order valence-electron chi connectivity index (χ1n) is 7.53. The van der Waals surface area contributed by atoms with E-state index in [0.717, 1.165) is 24.9 Å². The van der Waals surface area contributed by atoms with Crippen LogP contribution in [0.4, 0.5) is 11.4 Å². The smallest absolute Gasteiger partial charge is 0.338 e. The molecule has 0 N–H and O–H groups in total. The molecule has 0 aliphatic rings. The SMILES string of the molecule is CCCCCOC(=O)c1ccc(N=Nc2ccccc2)cc1. The molecule has 0 unspecified atom stereocenters. The second-order valence-corrected chi connectivity index (χ2v) is 4.93. The number of azo groups is 1. The van der Waals surface area contributed by atoms with Crippen LogP contribution >= 0.6 is 0 Å². The molecular weight excluding hydrogens is 276 g/mol. The molecule has 0 bridgehead atoms. The minimum atomic E-state index is -0.289. The van der Waals surface area contributed by atoms with Crippen molar-refractivity contribution in [2.45, 2.75) is 26.2 Å². The van der Waals surface area contributed by atoms with Crippen molar-refractivity contribution in [2.24, 2.45) is 10.2 Å². The molecule has 0 fully saturated rings. The van der Waals surface area contributed by atoms with Gasteiger partial charge in [0.05, 0.1) is 23.5 Å². The van der Waals surface area contributed by atoms with Crippen LogP contribution in [-0.2, 0) is 4.74 Å². The normalized spacial score (nSPS) is 10.8. The highest BCUT2D eigenvalue weighted by atomic mass is 16.5. The molecular formula is C18H20N2O2. The molecule has 0 saturated heterocycles. The summed E-state index contributed by atoms with van der Waals surface area (Å²) >= 11 is 0. The van der Waals surface area contributed by atoms with Gasteiger partial charge in [-0.3, -0.25) is 0 Å². The van der Waals surface area contributed by atoms with Crippen LogP contribution in [0.3, 0.4) is 0 Å². The van der Waals surface area contributed by atoms with E-state index < -0.39 is 0 Å². The maximum Gasteiger partial charge on any atom is 0.338 e. The predicted octanol–water partition coefficient (Wildman–Crippen LogP) is 5.45. The van der Waals surface area contributed by atoms with E-state index in [1.807, 2.05) is 30.3 Å². The lowest BCUT2D eigenvalue weighted by atomic mass is 10.2. The van der Waals surface area contributed by atoms with Gasteiger partial charge in [0.15, 0.2) is 0 Å². The van der Waals surface area contributed by atoms with Crippen LogP contribution in [0.15, 0.2) is 64.8 Å². The molecule has 0 radical (unpaired) electrons. The number of carbonyl (C=O) groups is 1. The maximum absolute atomic E-state index is 11.8. The molecule has 22 heavy (non-hydrogen) atoms. The minimum absolute atomic E-state index is 0.289. The van der Waals surface area contributed by atoms with Crippen molar-refractivity contribution in [1.29, 1.82) is 0 Å². The van der Waals surface area contributed by atoms with Gasteiger partial charge < -0.3 is 4.74 Å². The summed E-state index contributed by atoms with van der Waals surface area (Å²) in [6, 6.07) is 16.4. The Kier molecular flexibility index (Phi) is 6.30. The zero-order valence-electron chi connectivity index (χ0n) is 12.7. The highest BCUT2D eigenvalue weighted by molar-refractivity contribution is 5.89. The molecule has 0 heterocycles. The van der Waals surface area contributed by atoms with E-state index in [2.05, 4.69) is 17.2 Å². The van der Waals surface area contributed by atoms with Crippen LogP contribution in [0.2, 0.25) is 0 Å². The van der Waals surface area contributed by atoms with Crippen LogP contribution in [0.1, 0.15) is 36.5 Å². The number of unbranched alkanes of at least 4 members (excludes halogenated alkanes) is 2. The maximum atomic E-state index is 11.8. The largest absolute Gasteiger partial charge is 0.462 e. The Morgan fingerprint density at radius 1 is 0.909 bits per heavy atom. The van der Waals surface area contributed by atoms with Crippen LogP contribution in [0.5, 0.6) is 0 Å². The fourth-order valence-corrected chi connectivity index (χ4v) is 1.87. The summed E-state index contributed by atoms with van der Waals surface area (Å²) in [5, 5.41) is 8.27. The van der Waals surface area contributed by atoms with Crippen molar-refractivity contribution >= 4 is 17.3 Å². The van der Waals surface area contributed by atoms with E-state index in [1.165, 1.54) is 0 Å². The van der Waals surface area contributed by atoms with Gasteiger partial charge in [0.1, 0.15) is 0 Å². The topological polar surface area (TPSA) is 51.0 Å². The van der Waals surface area contributed by atoms with Gasteiger partial charge in [0, 0.05) is 0 Å². The second kappa shape index (κ2) is 8.72. The van der Waals surface area contributed by atoms with Crippen molar-refractivity contribution in [3.05, 3.63) is 60.2 Å². The van der Waals surface area contributed by atoms with E-state index >= 15 is 0 Å². The summed E-state index contributed by atoms with van der Waals surface area (Å²) < 4.78 is 5.21. The second-order valence-electron chi connectivity index (χ2n) is 4.93. The van der Waals surface area contributed by atoms with Crippen molar-refractivity contribution in [1.82, 2.24) is 0 Å². The first kappa shape index (κ1) is 15.9. The molecule has 0 amide bonds. The Morgan fingerprint density at radius 2 is 1.55 bits per heavy atom. The van der Waals surface area contributed by atoms with E-state index in [4.69, 9.17) is 4.74 Å². The lowest BCUT2D eigenvalue weighted by Crippen LogP contribution is -2.06. The third-order valence-electron chi connectivity index (χ3n) is 3.12. The number of rotatable bonds is 7. The number of hydrogen-bond donors (Lipinski definition) is 0. The highest BCUT2D eigenvalue weighted by Gasteiger charge is 2.06. The number of esters is 1. The first-order valence-corrected chi connectivity index (χ1v) is 7.53. The number of nitrogens with zero attached hydrogens (tertiary/aromatic N) is 2. The highest BCUT2D eigenvalue weighted by Crippen LogP contribution is 2.18. The van der Waals surface area contributed by atoms with Gasteiger partial charge in [-0.05, 0) is 42.8 Å². The Balaban J connectivity index is 1.90. The van der Waals surface area contributed by atoms with Crippen LogP contribution in [-0.4, -0.2) is 12.6 Å². The van der Waals surface area contributed by atoms with Gasteiger partial charge in [0.2, 0.25) is 0 Å². The molecule has 0 aliphatic carbocycles. The van der Waals surface area contributed by atoms with Gasteiger partial charge in [0.25, 0.3) is 0 Å². The lowest BCUT2D eigenvalue weighted by Gasteiger charge is -2.04. The Bertz CT molecular complexity index is 607. The Hall–Kier alpha value is -2.49.